The largest absolute Gasteiger partial charge is 0.369 e. The van der Waals surface area contributed by atoms with Gasteiger partial charge in [-0.25, -0.2) is 0 Å². The number of hydrogen-bond acceptors (Lipinski definition) is 4. The average Bonchev–Trinajstić information content (AvgIpc) is 2.51. The molecule has 0 amide bonds. The van der Waals surface area contributed by atoms with Gasteiger partial charge in [0.2, 0.25) is 5.78 Å². The summed E-state index contributed by atoms with van der Waals surface area (Å²) >= 11 is 1.67. The van der Waals surface area contributed by atoms with Crippen molar-refractivity contribution in [3.8, 4) is 0 Å². The van der Waals surface area contributed by atoms with Crippen molar-refractivity contribution in [3.05, 3.63) is 24.3 Å². The van der Waals surface area contributed by atoms with Crippen LogP contribution in [0.3, 0.4) is 0 Å². The molecule has 4 heteroatoms. The molecule has 0 heterocycles. The van der Waals surface area contributed by atoms with Crippen LogP contribution in [0.5, 0.6) is 0 Å². The summed E-state index contributed by atoms with van der Waals surface area (Å²) in [4.78, 5) is 13.2. The number of Topliss-reactive ketones (excluding diaryl/α,β-unsaturated/α-hetero) is 1. The van der Waals surface area contributed by atoms with Crippen LogP contribution in [-0.4, -0.2) is 43.2 Å². The van der Waals surface area contributed by atoms with Crippen LogP contribution in [0.1, 0.15) is 12.8 Å². The molecule has 1 saturated carbocycles. The van der Waals surface area contributed by atoms with Crippen molar-refractivity contribution in [2.24, 2.45) is 17.8 Å². The zero-order valence-electron chi connectivity index (χ0n) is 12.3. The molecule has 3 nitrogen and oxygen atoms in total. The van der Waals surface area contributed by atoms with E-state index in [4.69, 9.17) is 9.47 Å². The Morgan fingerprint density at radius 2 is 2.10 bits per heavy atom. The number of hydrogen-bond donors (Lipinski definition) is 0. The first-order chi connectivity index (χ1) is 9.66. The zero-order valence-corrected chi connectivity index (χ0v) is 13.1. The van der Waals surface area contributed by atoms with E-state index in [-0.39, 0.29) is 17.6 Å². The Morgan fingerprint density at radius 1 is 1.30 bits per heavy atom. The summed E-state index contributed by atoms with van der Waals surface area (Å²) in [5.41, 5.74) is -1.56. The third-order valence-electron chi connectivity index (χ3n) is 5.32. The van der Waals surface area contributed by atoms with Crippen LogP contribution in [0.2, 0.25) is 0 Å². The van der Waals surface area contributed by atoms with E-state index in [9.17, 15) is 4.79 Å². The summed E-state index contributed by atoms with van der Waals surface area (Å²) in [5.74, 6) is 1.56. The summed E-state index contributed by atoms with van der Waals surface area (Å²) in [6.07, 6.45) is 12.7. The number of carbonyl (C=O) groups is 1. The Kier molecular flexibility index (Phi) is 3.59. The van der Waals surface area contributed by atoms with Gasteiger partial charge in [0.1, 0.15) is 5.60 Å². The molecule has 1 fully saturated rings. The van der Waals surface area contributed by atoms with Crippen LogP contribution >= 0.6 is 11.8 Å². The van der Waals surface area contributed by atoms with Gasteiger partial charge in [-0.3, -0.25) is 4.79 Å². The predicted molar refractivity (Wildman–Crippen MR) is 80.9 cm³/mol. The molecule has 0 radical (unpaired) electrons. The number of carbonyl (C=O) groups excluding carboxylic acids is 1. The standard InChI is InChI=1S/C16H22O3S/c1-18-15-9-8-13(11-6-4-5-7-12(11)15)16(19-2,10-20-3)14(15)17/h5,7-9,11-13H,4,6,10H2,1-3H3/t11-,12+,13+,15-,16+/m1/s1. The first-order valence-corrected chi connectivity index (χ1v) is 8.56. The molecule has 2 bridgehead atoms. The zero-order chi connectivity index (χ0) is 14.4. The van der Waals surface area contributed by atoms with Gasteiger partial charge >= 0.3 is 0 Å². The van der Waals surface area contributed by atoms with Crippen LogP contribution in [-0.2, 0) is 14.3 Å². The van der Waals surface area contributed by atoms with Crippen LogP contribution in [0.4, 0.5) is 0 Å². The molecular weight excluding hydrogens is 272 g/mol. The maximum atomic E-state index is 13.2. The predicted octanol–water partition coefficient (Wildman–Crippen LogP) is 2.47. The summed E-state index contributed by atoms with van der Waals surface area (Å²) in [5, 5.41) is 0. The van der Waals surface area contributed by atoms with E-state index in [1.807, 2.05) is 12.3 Å². The number of thioether (sulfide) groups is 1. The lowest BCUT2D eigenvalue weighted by Gasteiger charge is -2.58. The number of ketones is 1. The second kappa shape index (κ2) is 5.00. The lowest BCUT2D eigenvalue weighted by atomic mass is 9.51. The van der Waals surface area contributed by atoms with Gasteiger partial charge in [0.05, 0.1) is 0 Å². The fraction of sp³-hybridized carbons (Fsp3) is 0.688. The van der Waals surface area contributed by atoms with Crippen molar-refractivity contribution in [2.45, 2.75) is 24.0 Å². The molecule has 0 saturated heterocycles. The monoisotopic (exact) mass is 294 g/mol. The summed E-state index contributed by atoms with van der Waals surface area (Å²) < 4.78 is 11.6. The topological polar surface area (TPSA) is 35.5 Å². The minimum absolute atomic E-state index is 0.102. The average molecular weight is 294 g/mol. The smallest absolute Gasteiger partial charge is 0.202 e. The molecule has 4 aliphatic carbocycles. The molecule has 4 aliphatic rings. The minimum Gasteiger partial charge on any atom is -0.369 e. The molecule has 110 valence electrons. The molecule has 0 unspecified atom stereocenters. The van der Waals surface area contributed by atoms with Crippen molar-refractivity contribution >= 4 is 17.5 Å². The Labute approximate surface area is 124 Å². The fourth-order valence-corrected chi connectivity index (χ4v) is 5.26. The Bertz CT molecular complexity index is 472. The number of methoxy groups -OCH3 is 2. The quantitative estimate of drug-likeness (QED) is 0.746. The number of rotatable bonds is 4. The molecule has 0 spiro atoms. The number of allylic oxidation sites excluding steroid dienone is 1. The molecule has 0 aromatic rings. The van der Waals surface area contributed by atoms with Gasteiger partial charge in [0.25, 0.3) is 0 Å². The SMILES string of the molecule is CO[C@]12C=C[C@@H]([C@@H]3CCC=C[C@@H]31)[C@](CSC)(OC)C2=O. The van der Waals surface area contributed by atoms with E-state index < -0.39 is 11.2 Å². The highest BCUT2D eigenvalue weighted by Crippen LogP contribution is 2.56. The van der Waals surface area contributed by atoms with E-state index in [1.165, 1.54) is 0 Å². The van der Waals surface area contributed by atoms with Crippen LogP contribution in [0, 0.1) is 17.8 Å². The first kappa shape index (κ1) is 14.4. The van der Waals surface area contributed by atoms with Gasteiger partial charge in [-0.05, 0) is 31.1 Å². The van der Waals surface area contributed by atoms with E-state index in [1.54, 1.807) is 26.0 Å². The second-order valence-corrected chi connectivity index (χ2v) is 6.80. The number of ether oxygens (including phenoxy) is 2. The maximum Gasteiger partial charge on any atom is 0.202 e. The number of fused-ring (bicyclic) bond motifs is 1. The Morgan fingerprint density at radius 3 is 2.75 bits per heavy atom. The summed E-state index contributed by atoms with van der Waals surface area (Å²) in [7, 11) is 3.31. The van der Waals surface area contributed by atoms with Crippen LogP contribution in [0.25, 0.3) is 0 Å². The summed E-state index contributed by atoms with van der Waals surface area (Å²) in [6, 6.07) is 0. The lowest BCUT2D eigenvalue weighted by molar-refractivity contribution is -0.188. The molecule has 0 aromatic carbocycles. The normalized spacial score (nSPS) is 45.8. The van der Waals surface area contributed by atoms with Crippen LogP contribution < -0.4 is 0 Å². The van der Waals surface area contributed by atoms with E-state index in [0.717, 1.165) is 12.8 Å². The highest BCUT2D eigenvalue weighted by atomic mass is 32.2. The molecule has 4 rings (SSSR count). The molecule has 5 atom stereocenters. The van der Waals surface area contributed by atoms with Gasteiger partial charge in [-0.2, -0.15) is 11.8 Å². The van der Waals surface area contributed by atoms with E-state index in [0.29, 0.717) is 11.7 Å². The molecule has 0 N–H and O–H groups in total. The van der Waals surface area contributed by atoms with Crippen molar-refractivity contribution in [3.63, 3.8) is 0 Å². The molecule has 0 aliphatic heterocycles. The van der Waals surface area contributed by atoms with Crippen molar-refractivity contribution < 1.29 is 14.3 Å². The molecular formula is C16H22O3S. The summed E-state index contributed by atoms with van der Waals surface area (Å²) in [6.45, 7) is 0. The lowest BCUT2D eigenvalue weighted by Crippen LogP contribution is -2.71. The van der Waals surface area contributed by atoms with E-state index >= 15 is 0 Å². The fourth-order valence-electron chi connectivity index (χ4n) is 4.39. The van der Waals surface area contributed by atoms with Gasteiger partial charge in [-0.1, -0.05) is 18.2 Å². The van der Waals surface area contributed by atoms with Gasteiger partial charge in [0, 0.05) is 31.8 Å². The second-order valence-electron chi connectivity index (χ2n) is 5.93. The molecule has 0 aromatic heterocycles. The Balaban J connectivity index is 2.14. The van der Waals surface area contributed by atoms with Gasteiger partial charge in [0.15, 0.2) is 5.60 Å². The van der Waals surface area contributed by atoms with E-state index in [2.05, 4.69) is 18.2 Å². The third-order valence-corrected chi connectivity index (χ3v) is 6.03. The minimum atomic E-state index is -0.831. The third kappa shape index (κ3) is 1.59. The van der Waals surface area contributed by atoms with Gasteiger partial charge in [-0.15, -0.1) is 0 Å². The maximum absolute atomic E-state index is 13.2. The first-order valence-electron chi connectivity index (χ1n) is 7.16. The van der Waals surface area contributed by atoms with Crippen molar-refractivity contribution in [2.75, 3.05) is 26.2 Å². The van der Waals surface area contributed by atoms with Crippen molar-refractivity contribution in [1.82, 2.24) is 0 Å². The van der Waals surface area contributed by atoms with Crippen molar-refractivity contribution in [1.29, 1.82) is 0 Å². The highest BCUT2D eigenvalue weighted by Gasteiger charge is 2.67. The molecule has 20 heavy (non-hydrogen) atoms. The highest BCUT2D eigenvalue weighted by molar-refractivity contribution is 7.98. The Hall–Kier alpha value is -0.580. The van der Waals surface area contributed by atoms with Gasteiger partial charge < -0.3 is 9.47 Å². The van der Waals surface area contributed by atoms with Crippen LogP contribution in [0.15, 0.2) is 24.3 Å².